The first-order chi connectivity index (χ1) is 12.5. The molecule has 140 valence electrons. The van der Waals surface area contributed by atoms with Gasteiger partial charge >= 0.3 is 0 Å². The molecule has 0 fully saturated rings. The molecule has 2 N–H and O–H groups in total. The molecular weight excluding hydrogens is 371 g/mol. The van der Waals surface area contributed by atoms with Crippen LogP contribution in [0.2, 0.25) is 0 Å². The summed E-state index contributed by atoms with van der Waals surface area (Å²) < 4.78 is 13.0. The van der Waals surface area contributed by atoms with Crippen molar-refractivity contribution in [2.45, 2.75) is 25.6 Å². The first-order valence-corrected chi connectivity index (χ1v) is 10.4. The number of amides is 2. The van der Waals surface area contributed by atoms with Crippen LogP contribution in [-0.2, 0) is 10.5 Å². The van der Waals surface area contributed by atoms with Gasteiger partial charge in [0.05, 0.1) is 0 Å². The average molecular weight is 395 g/mol. The predicted molar refractivity (Wildman–Crippen MR) is 106 cm³/mol. The molecule has 0 bridgehead atoms. The molecule has 2 aromatic rings. The van der Waals surface area contributed by atoms with Crippen molar-refractivity contribution in [1.29, 1.82) is 0 Å². The first-order valence-electron chi connectivity index (χ1n) is 8.41. The summed E-state index contributed by atoms with van der Waals surface area (Å²) in [5, 5.41) is 7.67. The molecule has 0 saturated heterocycles. The number of carbonyl (C=O) groups excluding carboxylic acids is 2. The van der Waals surface area contributed by atoms with Crippen molar-refractivity contribution in [3.63, 3.8) is 0 Å². The number of hydrogen-bond donors (Lipinski definition) is 2. The highest BCUT2D eigenvalue weighted by Crippen LogP contribution is 2.16. The van der Waals surface area contributed by atoms with Crippen LogP contribution in [0.4, 0.5) is 4.39 Å². The Kier molecular flexibility index (Phi) is 8.12. The summed E-state index contributed by atoms with van der Waals surface area (Å²) >= 11 is 3.48. The minimum atomic E-state index is -0.630. The van der Waals surface area contributed by atoms with Gasteiger partial charge < -0.3 is 10.6 Å². The molecule has 1 aromatic carbocycles. The maximum atomic E-state index is 13.0. The van der Waals surface area contributed by atoms with Crippen molar-refractivity contribution in [2.75, 3.05) is 12.3 Å². The van der Waals surface area contributed by atoms with Crippen LogP contribution in [0.15, 0.2) is 41.8 Å². The predicted octanol–water partition coefficient (Wildman–Crippen LogP) is 3.69. The fraction of sp³-hybridized carbons (Fsp3) is 0.368. The molecule has 0 aliphatic rings. The van der Waals surface area contributed by atoms with Gasteiger partial charge in [0.1, 0.15) is 11.9 Å². The SMILES string of the molecule is CC(C)[C@H](NC(=O)c1ccc(F)cc1)C(=O)NCCSCc1cccs1. The second kappa shape index (κ2) is 10.3. The third kappa shape index (κ3) is 6.46. The number of nitrogens with one attached hydrogen (secondary N) is 2. The summed E-state index contributed by atoms with van der Waals surface area (Å²) in [4.78, 5) is 26.0. The second-order valence-corrected chi connectivity index (χ2v) is 8.26. The van der Waals surface area contributed by atoms with Crippen molar-refractivity contribution in [1.82, 2.24) is 10.6 Å². The van der Waals surface area contributed by atoms with E-state index in [1.54, 1.807) is 23.1 Å². The molecule has 7 heteroatoms. The average Bonchev–Trinajstić information content (AvgIpc) is 3.12. The topological polar surface area (TPSA) is 58.2 Å². The molecule has 2 rings (SSSR count). The van der Waals surface area contributed by atoms with Gasteiger partial charge in [-0.05, 0) is 41.6 Å². The van der Waals surface area contributed by atoms with E-state index in [2.05, 4.69) is 22.1 Å². The van der Waals surface area contributed by atoms with Gasteiger partial charge in [-0.25, -0.2) is 4.39 Å². The molecule has 0 unspecified atom stereocenters. The lowest BCUT2D eigenvalue weighted by atomic mass is 10.0. The van der Waals surface area contributed by atoms with Crippen LogP contribution in [-0.4, -0.2) is 30.2 Å². The summed E-state index contributed by atoms with van der Waals surface area (Å²) in [5.74, 6) is 0.694. The van der Waals surface area contributed by atoms with Crippen LogP contribution >= 0.6 is 23.1 Å². The number of hydrogen-bond acceptors (Lipinski definition) is 4. The van der Waals surface area contributed by atoms with Crippen molar-refractivity contribution in [3.8, 4) is 0 Å². The van der Waals surface area contributed by atoms with Crippen molar-refractivity contribution < 1.29 is 14.0 Å². The Morgan fingerprint density at radius 3 is 2.54 bits per heavy atom. The summed E-state index contributed by atoms with van der Waals surface area (Å²) in [6.45, 7) is 4.30. The number of thiophene rings is 1. The fourth-order valence-corrected chi connectivity index (χ4v) is 3.98. The van der Waals surface area contributed by atoms with E-state index in [0.717, 1.165) is 11.5 Å². The van der Waals surface area contributed by atoms with Gasteiger partial charge in [-0.3, -0.25) is 9.59 Å². The summed E-state index contributed by atoms with van der Waals surface area (Å²) in [6.07, 6.45) is 0. The monoisotopic (exact) mass is 394 g/mol. The zero-order valence-corrected chi connectivity index (χ0v) is 16.5. The van der Waals surface area contributed by atoms with E-state index in [1.165, 1.54) is 29.1 Å². The van der Waals surface area contributed by atoms with Crippen LogP contribution in [0.1, 0.15) is 29.1 Å². The number of halogens is 1. The van der Waals surface area contributed by atoms with Crippen LogP contribution < -0.4 is 10.6 Å². The molecule has 2 amide bonds. The number of benzene rings is 1. The van der Waals surface area contributed by atoms with Crippen LogP contribution in [0.25, 0.3) is 0 Å². The Morgan fingerprint density at radius 2 is 1.92 bits per heavy atom. The third-order valence-corrected chi connectivity index (χ3v) is 5.78. The minimum absolute atomic E-state index is 0.0572. The van der Waals surface area contributed by atoms with E-state index in [9.17, 15) is 14.0 Å². The van der Waals surface area contributed by atoms with Gasteiger partial charge in [-0.15, -0.1) is 11.3 Å². The van der Waals surface area contributed by atoms with Gasteiger partial charge in [0.25, 0.3) is 5.91 Å². The molecule has 0 saturated carbocycles. The Hall–Kier alpha value is -1.86. The first kappa shape index (κ1) is 20.5. The summed E-state index contributed by atoms with van der Waals surface area (Å²) in [7, 11) is 0. The van der Waals surface area contributed by atoms with Gasteiger partial charge in [0.2, 0.25) is 5.91 Å². The Labute approximate surface area is 161 Å². The van der Waals surface area contributed by atoms with E-state index in [0.29, 0.717) is 12.1 Å². The largest absolute Gasteiger partial charge is 0.353 e. The quantitative estimate of drug-likeness (QED) is 0.638. The smallest absolute Gasteiger partial charge is 0.251 e. The molecule has 0 aliphatic heterocycles. The highest BCUT2D eigenvalue weighted by atomic mass is 32.2. The number of rotatable bonds is 9. The van der Waals surface area contributed by atoms with Crippen molar-refractivity contribution in [3.05, 3.63) is 58.0 Å². The van der Waals surface area contributed by atoms with Crippen LogP contribution in [0.3, 0.4) is 0 Å². The van der Waals surface area contributed by atoms with Crippen LogP contribution in [0, 0.1) is 11.7 Å². The minimum Gasteiger partial charge on any atom is -0.353 e. The number of thioether (sulfide) groups is 1. The van der Waals surface area contributed by atoms with Gasteiger partial charge in [-0.1, -0.05) is 19.9 Å². The molecular formula is C19H23FN2O2S2. The lowest BCUT2D eigenvalue weighted by molar-refractivity contribution is -0.123. The molecule has 4 nitrogen and oxygen atoms in total. The van der Waals surface area contributed by atoms with Gasteiger partial charge in [-0.2, -0.15) is 11.8 Å². The molecule has 1 heterocycles. The molecule has 0 radical (unpaired) electrons. The zero-order chi connectivity index (χ0) is 18.9. The molecule has 26 heavy (non-hydrogen) atoms. The van der Waals surface area contributed by atoms with E-state index in [4.69, 9.17) is 0 Å². The standard InChI is InChI=1S/C19H23FN2O2S2/c1-13(2)17(22-18(23)14-5-7-15(20)8-6-14)19(24)21-9-11-25-12-16-4-3-10-26-16/h3-8,10,13,17H,9,11-12H2,1-2H3,(H,21,24)(H,22,23)/t17-/m0/s1. The van der Waals surface area contributed by atoms with Crippen molar-refractivity contribution in [2.24, 2.45) is 5.92 Å². The molecule has 0 spiro atoms. The fourth-order valence-electron chi connectivity index (χ4n) is 2.28. The Balaban J connectivity index is 1.78. The Bertz CT molecular complexity index is 703. The lowest BCUT2D eigenvalue weighted by Crippen LogP contribution is -2.50. The molecule has 0 aliphatic carbocycles. The molecule has 1 aromatic heterocycles. The maximum Gasteiger partial charge on any atom is 0.251 e. The van der Waals surface area contributed by atoms with Crippen molar-refractivity contribution >= 4 is 34.9 Å². The highest BCUT2D eigenvalue weighted by Gasteiger charge is 2.24. The molecule has 1 atom stereocenters. The number of carbonyl (C=O) groups is 2. The third-order valence-electron chi connectivity index (χ3n) is 3.71. The normalized spacial score (nSPS) is 12.0. The Morgan fingerprint density at radius 1 is 1.19 bits per heavy atom. The zero-order valence-electron chi connectivity index (χ0n) is 14.8. The highest BCUT2D eigenvalue weighted by molar-refractivity contribution is 7.98. The summed E-state index contributed by atoms with van der Waals surface area (Å²) in [5.41, 5.74) is 0.330. The second-order valence-electron chi connectivity index (χ2n) is 6.13. The van der Waals surface area contributed by atoms with Gasteiger partial charge in [0.15, 0.2) is 0 Å². The maximum absolute atomic E-state index is 13.0. The van der Waals surface area contributed by atoms with Gasteiger partial charge in [0, 0.05) is 28.5 Å². The van der Waals surface area contributed by atoms with Crippen LogP contribution in [0.5, 0.6) is 0 Å². The van der Waals surface area contributed by atoms with E-state index in [-0.39, 0.29) is 17.7 Å². The van der Waals surface area contributed by atoms with E-state index >= 15 is 0 Å². The summed E-state index contributed by atoms with van der Waals surface area (Å²) in [6, 6.07) is 8.75. The lowest BCUT2D eigenvalue weighted by Gasteiger charge is -2.21. The van der Waals surface area contributed by atoms with E-state index < -0.39 is 11.9 Å². The van der Waals surface area contributed by atoms with E-state index in [1.807, 2.05) is 19.9 Å².